The molecule has 16 heavy (non-hydrogen) atoms. The fraction of sp³-hybridized carbons (Fsp3) is 0. The molecule has 0 fully saturated rings. The van der Waals surface area contributed by atoms with Crippen molar-refractivity contribution < 1.29 is 18.3 Å². The van der Waals surface area contributed by atoms with E-state index in [9.17, 15) is 13.2 Å². The first kappa shape index (κ1) is 13.0. The highest BCUT2D eigenvalue weighted by atomic mass is 35.5. The second kappa shape index (κ2) is 4.86. The molecule has 1 aromatic rings. The van der Waals surface area contributed by atoms with Crippen LogP contribution in [0.1, 0.15) is 0 Å². The van der Waals surface area contributed by atoms with Crippen LogP contribution in [0.4, 0.5) is 0 Å². The average Bonchev–Trinajstić information content (AvgIpc) is 2.19. The molecule has 0 atom stereocenters. The van der Waals surface area contributed by atoms with Gasteiger partial charge in [0.15, 0.2) is 0 Å². The van der Waals surface area contributed by atoms with Gasteiger partial charge in [0.25, 0.3) is 0 Å². The van der Waals surface area contributed by atoms with Crippen molar-refractivity contribution in [2.45, 2.75) is 4.90 Å². The summed E-state index contributed by atoms with van der Waals surface area (Å²) in [6.07, 6.45) is 0.520. The molecule has 0 spiro atoms. The zero-order valence-corrected chi connectivity index (χ0v) is 10.1. The van der Waals surface area contributed by atoms with Gasteiger partial charge in [-0.2, -0.15) is 0 Å². The Hall–Kier alpha value is -1.04. The maximum Gasteiger partial charge on any atom is 0.329 e. The lowest BCUT2D eigenvalue weighted by molar-refractivity contribution is -0.131. The van der Waals surface area contributed by atoms with Crippen molar-refractivity contribution >= 4 is 39.0 Å². The van der Waals surface area contributed by atoms with Crippen LogP contribution in [0.25, 0.3) is 0 Å². The highest BCUT2D eigenvalue weighted by Crippen LogP contribution is 2.26. The van der Waals surface area contributed by atoms with Gasteiger partial charge in [-0.25, -0.2) is 13.2 Å². The molecule has 86 valence electrons. The Bertz CT molecular complexity index is 549. The van der Waals surface area contributed by atoms with E-state index >= 15 is 0 Å². The Kier molecular flexibility index (Phi) is 3.96. The second-order valence-electron chi connectivity index (χ2n) is 2.76. The third-order valence-electron chi connectivity index (χ3n) is 1.59. The van der Waals surface area contributed by atoms with Crippen LogP contribution in [-0.2, 0) is 14.6 Å². The molecule has 0 saturated carbocycles. The predicted octanol–water partition coefficient (Wildman–Crippen LogP) is 2.37. The minimum Gasteiger partial charge on any atom is -0.478 e. The van der Waals surface area contributed by atoms with Gasteiger partial charge < -0.3 is 5.11 Å². The molecule has 0 aromatic heterocycles. The first-order chi connectivity index (χ1) is 7.33. The Morgan fingerprint density at radius 1 is 1.31 bits per heavy atom. The average molecular weight is 281 g/mol. The maximum absolute atomic E-state index is 11.6. The largest absolute Gasteiger partial charge is 0.478 e. The minimum absolute atomic E-state index is 0.0144. The Morgan fingerprint density at radius 3 is 2.50 bits per heavy atom. The van der Waals surface area contributed by atoms with Crippen molar-refractivity contribution in [2.75, 3.05) is 0 Å². The van der Waals surface area contributed by atoms with Gasteiger partial charge in [-0.3, -0.25) is 0 Å². The van der Waals surface area contributed by atoms with Gasteiger partial charge in [0.2, 0.25) is 9.84 Å². The standard InChI is InChI=1S/C9H6Cl2O4S/c10-6-1-2-7(11)8(5-6)16(14,15)4-3-9(12)13/h1-5H,(H,12,13)/b4-3+. The molecule has 7 heteroatoms. The molecule has 0 unspecified atom stereocenters. The number of sulfone groups is 1. The smallest absolute Gasteiger partial charge is 0.329 e. The topological polar surface area (TPSA) is 71.4 Å². The molecular weight excluding hydrogens is 275 g/mol. The quantitative estimate of drug-likeness (QED) is 0.863. The molecule has 0 bridgehead atoms. The molecule has 1 N–H and O–H groups in total. The fourth-order valence-corrected chi connectivity index (χ4v) is 2.67. The first-order valence-corrected chi connectivity index (χ1v) is 6.24. The summed E-state index contributed by atoms with van der Waals surface area (Å²) in [5, 5.41) is 9.09. The summed E-state index contributed by atoms with van der Waals surface area (Å²) in [6, 6.07) is 3.92. The van der Waals surface area contributed by atoms with E-state index in [4.69, 9.17) is 28.3 Å². The molecule has 0 aliphatic heterocycles. The molecule has 0 saturated heterocycles. The van der Waals surface area contributed by atoms with E-state index in [0.717, 1.165) is 6.07 Å². The summed E-state index contributed by atoms with van der Waals surface area (Å²) in [5.74, 6) is -1.36. The minimum atomic E-state index is -3.89. The number of aliphatic carboxylic acids is 1. The van der Waals surface area contributed by atoms with E-state index in [1.54, 1.807) is 0 Å². The van der Waals surface area contributed by atoms with Crippen molar-refractivity contribution in [3.05, 3.63) is 39.7 Å². The highest BCUT2D eigenvalue weighted by molar-refractivity contribution is 7.94. The number of rotatable bonds is 3. The van der Waals surface area contributed by atoms with Crippen molar-refractivity contribution in [3.8, 4) is 0 Å². The number of carboxylic acid groups (broad SMARTS) is 1. The van der Waals surface area contributed by atoms with Crippen molar-refractivity contribution in [1.82, 2.24) is 0 Å². The van der Waals surface area contributed by atoms with Gasteiger partial charge >= 0.3 is 5.97 Å². The monoisotopic (exact) mass is 280 g/mol. The van der Waals surface area contributed by atoms with Crippen LogP contribution < -0.4 is 0 Å². The molecule has 0 aliphatic carbocycles. The second-order valence-corrected chi connectivity index (χ2v) is 5.41. The first-order valence-electron chi connectivity index (χ1n) is 3.94. The lowest BCUT2D eigenvalue weighted by atomic mass is 10.4. The number of halogens is 2. The van der Waals surface area contributed by atoms with Crippen molar-refractivity contribution in [1.29, 1.82) is 0 Å². The van der Waals surface area contributed by atoms with Gasteiger partial charge in [0.1, 0.15) is 0 Å². The van der Waals surface area contributed by atoms with Gasteiger partial charge in [-0.1, -0.05) is 23.2 Å². The molecule has 1 rings (SSSR count). The molecule has 0 heterocycles. The van der Waals surface area contributed by atoms with E-state index in [2.05, 4.69) is 0 Å². The van der Waals surface area contributed by atoms with Crippen LogP contribution in [0, 0.1) is 0 Å². The number of hydrogen-bond donors (Lipinski definition) is 1. The van der Waals surface area contributed by atoms with Crippen LogP contribution in [0.15, 0.2) is 34.6 Å². The summed E-state index contributed by atoms with van der Waals surface area (Å²) in [6.45, 7) is 0. The predicted molar refractivity (Wildman–Crippen MR) is 60.4 cm³/mol. The zero-order chi connectivity index (χ0) is 12.3. The number of benzene rings is 1. The summed E-state index contributed by atoms with van der Waals surface area (Å²) >= 11 is 11.3. The molecular formula is C9H6Cl2O4S. The lowest BCUT2D eigenvalue weighted by Gasteiger charge is -2.02. The Balaban J connectivity index is 3.27. The third-order valence-corrected chi connectivity index (χ3v) is 3.71. The van der Waals surface area contributed by atoms with Crippen molar-refractivity contribution in [3.63, 3.8) is 0 Å². The van der Waals surface area contributed by atoms with E-state index in [0.29, 0.717) is 11.5 Å². The van der Waals surface area contributed by atoms with Crippen LogP contribution in [-0.4, -0.2) is 19.5 Å². The molecule has 0 aliphatic rings. The maximum atomic E-state index is 11.6. The molecule has 0 radical (unpaired) electrons. The zero-order valence-electron chi connectivity index (χ0n) is 7.72. The molecule has 1 aromatic carbocycles. The molecule has 4 nitrogen and oxygen atoms in total. The van der Waals surface area contributed by atoms with E-state index in [-0.39, 0.29) is 14.9 Å². The molecule has 0 amide bonds. The highest BCUT2D eigenvalue weighted by Gasteiger charge is 2.15. The fourth-order valence-electron chi connectivity index (χ4n) is 0.916. The van der Waals surface area contributed by atoms with E-state index in [1.165, 1.54) is 12.1 Å². The Labute approximate surface area is 102 Å². The third kappa shape index (κ3) is 3.23. The van der Waals surface area contributed by atoms with Crippen LogP contribution in [0.3, 0.4) is 0 Å². The number of hydrogen-bond acceptors (Lipinski definition) is 3. The summed E-state index contributed by atoms with van der Waals surface area (Å²) < 4.78 is 23.2. The number of carbonyl (C=O) groups is 1. The van der Waals surface area contributed by atoms with Gasteiger partial charge in [-0.15, -0.1) is 0 Å². The normalized spacial score (nSPS) is 11.9. The summed E-state index contributed by atoms with van der Waals surface area (Å²) in [5.41, 5.74) is 0. The SMILES string of the molecule is O=C(O)/C=C/S(=O)(=O)c1cc(Cl)ccc1Cl. The summed E-state index contributed by atoms with van der Waals surface area (Å²) in [7, 11) is -3.89. The van der Waals surface area contributed by atoms with E-state index < -0.39 is 15.8 Å². The number of carboxylic acids is 1. The van der Waals surface area contributed by atoms with Crippen LogP contribution in [0.2, 0.25) is 10.0 Å². The van der Waals surface area contributed by atoms with Crippen LogP contribution >= 0.6 is 23.2 Å². The van der Waals surface area contributed by atoms with Gasteiger partial charge in [0.05, 0.1) is 9.92 Å². The van der Waals surface area contributed by atoms with Crippen LogP contribution in [0.5, 0.6) is 0 Å². The van der Waals surface area contributed by atoms with Gasteiger partial charge in [-0.05, 0) is 18.2 Å². The van der Waals surface area contributed by atoms with E-state index in [1.807, 2.05) is 0 Å². The van der Waals surface area contributed by atoms with Crippen molar-refractivity contribution in [2.24, 2.45) is 0 Å². The Morgan fingerprint density at radius 2 is 1.94 bits per heavy atom. The lowest BCUT2D eigenvalue weighted by Crippen LogP contribution is -1.99. The summed E-state index contributed by atoms with van der Waals surface area (Å²) in [4.78, 5) is 10.00. The van der Waals surface area contributed by atoms with Gasteiger partial charge in [0, 0.05) is 16.5 Å².